The van der Waals surface area contributed by atoms with Crippen molar-refractivity contribution in [3.63, 3.8) is 0 Å². The molecule has 0 aromatic carbocycles. The van der Waals surface area contributed by atoms with Gasteiger partial charge < -0.3 is 9.84 Å². The molecule has 1 heterocycles. The largest absolute Gasteiger partial charge is 0.480 e. The van der Waals surface area contributed by atoms with Crippen LogP contribution in [0.15, 0.2) is 0 Å². The third kappa shape index (κ3) is 4.64. The van der Waals surface area contributed by atoms with E-state index in [-0.39, 0.29) is 12.1 Å². The Labute approximate surface area is 104 Å². The first-order valence-corrected chi connectivity index (χ1v) is 6.77. The third-order valence-electron chi connectivity index (χ3n) is 3.26. The fourth-order valence-corrected chi connectivity index (χ4v) is 2.41. The van der Waals surface area contributed by atoms with Crippen LogP contribution in [0.1, 0.15) is 46.0 Å². The smallest absolute Gasteiger partial charge is 0.320 e. The molecule has 1 saturated heterocycles. The Morgan fingerprint density at radius 3 is 2.82 bits per heavy atom. The predicted molar refractivity (Wildman–Crippen MR) is 67.2 cm³/mol. The van der Waals surface area contributed by atoms with Gasteiger partial charge in [0, 0.05) is 13.2 Å². The van der Waals surface area contributed by atoms with E-state index in [2.05, 4.69) is 11.8 Å². The summed E-state index contributed by atoms with van der Waals surface area (Å²) in [5, 5.41) is 9.24. The van der Waals surface area contributed by atoms with Crippen LogP contribution in [-0.4, -0.2) is 47.8 Å². The van der Waals surface area contributed by atoms with Gasteiger partial charge in [-0.25, -0.2) is 0 Å². The number of nitrogens with zero attached hydrogens (tertiary/aromatic N) is 1. The summed E-state index contributed by atoms with van der Waals surface area (Å²) < 4.78 is 5.74. The van der Waals surface area contributed by atoms with Crippen LogP contribution in [0.3, 0.4) is 0 Å². The molecule has 4 nitrogen and oxygen atoms in total. The molecular formula is C13H25NO3. The zero-order valence-electron chi connectivity index (χ0n) is 11.0. The topological polar surface area (TPSA) is 49.8 Å². The van der Waals surface area contributed by atoms with Crippen molar-refractivity contribution in [1.82, 2.24) is 4.90 Å². The van der Waals surface area contributed by atoms with E-state index in [1.165, 1.54) is 0 Å². The van der Waals surface area contributed by atoms with Crippen molar-refractivity contribution in [2.24, 2.45) is 0 Å². The molecule has 2 atom stereocenters. The zero-order valence-corrected chi connectivity index (χ0v) is 11.0. The Morgan fingerprint density at radius 1 is 1.47 bits per heavy atom. The maximum Gasteiger partial charge on any atom is 0.320 e. The Balaban J connectivity index is 2.48. The molecule has 1 rings (SSSR count). The van der Waals surface area contributed by atoms with Crippen molar-refractivity contribution in [2.45, 2.75) is 58.1 Å². The highest BCUT2D eigenvalue weighted by molar-refractivity contribution is 5.73. The molecule has 17 heavy (non-hydrogen) atoms. The van der Waals surface area contributed by atoms with Crippen LogP contribution in [0, 0.1) is 0 Å². The lowest BCUT2D eigenvalue weighted by Crippen LogP contribution is -2.48. The summed E-state index contributed by atoms with van der Waals surface area (Å²) >= 11 is 0. The van der Waals surface area contributed by atoms with Crippen LogP contribution in [0.2, 0.25) is 0 Å². The summed E-state index contributed by atoms with van der Waals surface area (Å²) in [6, 6.07) is -0.326. The quantitative estimate of drug-likeness (QED) is 0.744. The standard InChI is InChI=1S/C13H25NO3/c1-3-6-12(13(15)16)14-8-5-7-11(10-14)17-9-4-2/h11-12H,3-10H2,1-2H3,(H,15,16). The van der Waals surface area contributed by atoms with Gasteiger partial charge in [-0.2, -0.15) is 0 Å². The van der Waals surface area contributed by atoms with Crippen molar-refractivity contribution in [1.29, 1.82) is 0 Å². The first kappa shape index (κ1) is 14.5. The highest BCUT2D eigenvalue weighted by atomic mass is 16.5. The van der Waals surface area contributed by atoms with Crippen molar-refractivity contribution in [3.8, 4) is 0 Å². The Bertz CT molecular complexity index is 233. The number of likely N-dealkylation sites (tertiary alicyclic amines) is 1. The van der Waals surface area contributed by atoms with E-state index in [0.717, 1.165) is 51.8 Å². The number of piperidine rings is 1. The van der Waals surface area contributed by atoms with E-state index in [1.807, 2.05) is 6.92 Å². The molecule has 1 N–H and O–H groups in total. The number of aliphatic carboxylic acids is 1. The van der Waals surface area contributed by atoms with E-state index in [1.54, 1.807) is 0 Å². The molecular weight excluding hydrogens is 218 g/mol. The minimum absolute atomic E-state index is 0.224. The van der Waals surface area contributed by atoms with E-state index < -0.39 is 5.97 Å². The van der Waals surface area contributed by atoms with Gasteiger partial charge in [0.2, 0.25) is 0 Å². The van der Waals surface area contributed by atoms with Gasteiger partial charge in [0.15, 0.2) is 0 Å². The van der Waals surface area contributed by atoms with Crippen LogP contribution >= 0.6 is 0 Å². The average molecular weight is 243 g/mol. The van der Waals surface area contributed by atoms with Crippen molar-refractivity contribution < 1.29 is 14.6 Å². The van der Waals surface area contributed by atoms with Crippen LogP contribution in [0.4, 0.5) is 0 Å². The van der Waals surface area contributed by atoms with Gasteiger partial charge in [-0.3, -0.25) is 9.69 Å². The molecule has 4 heteroatoms. The molecule has 0 aromatic heterocycles. The van der Waals surface area contributed by atoms with Crippen LogP contribution < -0.4 is 0 Å². The lowest BCUT2D eigenvalue weighted by Gasteiger charge is -2.36. The van der Waals surface area contributed by atoms with Crippen molar-refractivity contribution in [2.75, 3.05) is 19.7 Å². The van der Waals surface area contributed by atoms with Crippen LogP contribution in [0.5, 0.6) is 0 Å². The lowest BCUT2D eigenvalue weighted by molar-refractivity contribution is -0.145. The molecule has 0 bridgehead atoms. The number of carbonyl (C=O) groups is 1. The molecule has 2 unspecified atom stereocenters. The Hall–Kier alpha value is -0.610. The summed E-state index contributed by atoms with van der Waals surface area (Å²) in [5.41, 5.74) is 0. The molecule has 1 fully saturated rings. The number of hydrogen-bond acceptors (Lipinski definition) is 3. The SMILES string of the molecule is CCCOC1CCCN(C(CCC)C(=O)O)C1. The normalized spacial score (nSPS) is 23.5. The van der Waals surface area contributed by atoms with Gasteiger partial charge in [0.1, 0.15) is 6.04 Å². The van der Waals surface area contributed by atoms with Crippen molar-refractivity contribution >= 4 is 5.97 Å². The van der Waals surface area contributed by atoms with E-state index in [4.69, 9.17) is 4.74 Å². The van der Waals surface area contributed by atoms with Gasteiger partial charge in [0.25, 0.3) is 0 Å². The molecule has 1 aliphatic heterocycles. The molecule has 0 amide bonds. The minimum Gasteiger partial charge on any atom is -0.480 e. The fraction of sp³-hybridized carbons (Fsp3) is 0.923. The number of ether oxygens (including phenoxy) is 1. The van der Waals surface area contributed by atoms with Gasteiger partial charge in [0.05, 0.1) is 6.10 Å². The van der Waals surface area contributed by atoms with Gasteiger partial charge in [-0.05, 0) is 32.2 Å². The summed E-state index contributed by atoms with van der Waals surface area (Å²) in [7, 11) is 0. The summed E-state index contributed by atoms with van der Waals surface area (Å²) in [5.74, 6) is -0.692. The average Bonchev–Trinajstić information content (AvgIpc) is 2.33. The second kappa shape index (κ2) is 7.67. The molecule has 1 aliphatic rings. The third-order valence-corrected chi connectivity index (χ3v) is 3.26. The van der Waals surface area contributed by atoms with E-state index in [9.17, 15) is 9.90 Å². The Kier molecular flexibility index (Phi) is 6.52. The van der Waals surface area contributed by atoms with Gasteiger partial charge in [-0.1, -0.05) is 20.3 Å². The maximum atomic E-state index is 11.2. The summed E-state index contributed by atoms with van der Waals surface area (Å²) in [6.45, 7) is 6.58. The molecule has 0 saturated carbocycles. The van der Waals surface area contributed by atoms with Gasteiger partial charge in [-0.15, -0.1) is 0 Å². The molecule has 0 aromatic rings. The van der Waals surface area contributed by atoms with E-state index in [0.29, 0.717) is 0 Å². The first-order valence-electron chi connectivity index (χ1n) is 6.77. The molecule has 0 spiro atoms. The molecule has 0 aliphatic carbocycles. The van der Waals surface area contributed by atoms with Crippen LogP contribution in [0.25, 0.3) is 0 Å². The highest BCUT2D eigenvalue weighted by Gasteiger charge is 2.29. The van der Waals surface area contributed by atoms with Crippen molar-refractivity contribution in [3.05, 3.63) is 0 Å². The number of hydrogen-bond donors (Lipinski definition) is 1. The predicted octanol–water partition coefficient (Wildman–Crippen LogP) is 2.13. The maximum absolute atomic E-state index is 11.2. The summed E-state index contributed by atoms with van der Waals surface area (Å²) in [4.78, 5) is 13.3. The second-order valence-electron chi connectivity index (χ2n) is 4.77. The zero-order chi connectivity index (χ0) is 12.7. The number of rotatable bonds is 7. The number of carboxylic acid groups (broad SMARTS) is 1. The minimum atomic E-state index is -0.692. The molecule has 0 radical (unpaired) electrons. The molecule has 100 valence electrons. The lowest BCUT2D eigenvalue weighted by atomic mass is 10.0. The second-order valence-corrected chi connectivity index (χ2v) is 4.77. The van der Waals surface area contributed by atoms with Gasteiger partial charge >= 0.3 is 5.97 Å². The first-order chi connectivity index (χ1) is 8.19. The monoisotopic (exact) mass is 243 g/mol. The number of carboxylic acids is 1. The summed E-state index contributed by atoms with van der Waals surface area (Å²) in [6.07, 6.45) is 5.00. The van der Waals surface area contributed by atoms with Crippen LogP contribution in [-0.2, 0) is 9.53 Å². The fourth-order valence-electron chi connectivity index (χ4n) is 2.41. The highest BCUT2D eigenvalue weighted by Crippen LogP contribution is 2.18. The van der Waals surface area contributed by atoms with E-state index >= 15 is 0 Å². The Morgan fingerprint density at radius 2 is 2.24 bits per heavy atom.